The number of imidazole rings is 1. The molecule has 0 saturated carbocycles. The first kappa shape index (κ1) is 16.0. The zero-order valence-electron chi connectivity index (χ0n) is 12.8. The molecule has 0 aliphatic carbocycles. The summed E-state index contributed by atoms with van der Waals surface area (Å²) in [6.07, 6.45) is -2.25. The summed E-state index contributed by atoms with van der Waals surface area (Å²) in [4.78, 5) is 15.8. The van der Waals surface area contributed by atoms with Gasteiger partial charge in [0, 0.05) is 23.6 Å². The second-order valence-electron chi connectivity index (χ2n) is 5.47. The molecule has 3 rings (SSSR count). The van der Waals surface area contributed by atoms with Crippen LogP contribution in [-0.4, -0.2) is 21.5 Å². The lowest BCUT2D eigenvalue weighted by Crippen LogP contribution is -2.21. The molecule has 1 N–H and O–H groups in total. The number of aryl methyl sites for hydroxylation is 1. The SMILES string of the molecule is Cc1cccn2cc(-c3ccc(NC(=O)CC(F)(F)F)cc3)nc12. The molecule has 1 aromatic carbocycles. The fourth-order valence-corrected chi connectivity index (χ4v) is 2.40. The second-order valence-corrected chi connectivity index (χ2v) is 5.47. The van der Waals surface area contributed by atoms with Gasteiger partial charge in [0.2, 0.25) is 5.91 Å². The van der Waals surface area contributed by atoms with Gasteiger partial charge in [0.1, 0.15) is 12.1 Å². The van der Waals surface area contributed by atoms with E-state index in [1.165, 1.54) is 0 Å². The molecule has 0 aliphatic heterocycles. The minimum Gasteiger partial charge on any atom is -0.326 e. The van der Waals surface area contributed by atoms with Crippen molar-refractivity contribution in [3.63, 3.8) is 0 Å². The number of benzene rings is 1. The minimum absolute atomic E-state index is 0.313. The van der Waals surface area contributed by atoms with E-state index in [-0.39, 0.29) is 0 Å². The van der Waals surface area contributed by atoms with E-state index in [1.54, 1.807) is 24.3 Å². The molecule has 0 radical (unpaired) electrons. The Morgan fingerprint density at radius 3 is 2.54 bits per heavy atom. The largest absolute Gasteiger partial charge is 0.397 e. The van der Waals surface area contributed by atoms with Gasteiger partial charge in [-0.15, -0.1) is 0 Å². The zero-order valence-corrected chi connectivity index (χ0v) is 12.8. The molecule has 7 heteroatoms. The number of carbonyl (C=O) groups excluding carboxylic acids is 1. The van der Waals surface area contributed by atoms with E-state index in [4.69, 9.17) is 0 Å². The van der Waals surface area contributed by atoms with Gasteiger partial charge in [-0.2, -0.15) is 13.2 Å². The van der Waals surface area contributed by atoms with Crippen LogP contribution in [0, 0.1) is 6.92 Å². The topological polar surface area (TPSA) is 46.4 Å². The number of alkyl halides is 3. The number of hydrogen-bond acceptors (Lipinski definition) is 2. The summed E-state index contributed by atoms with van der Waals surface area (Å²) >= 11 is 0. The van der Waals surface area contributed by atoms with E-state index in [2.05, 4.69) is 10.3 Å². The molecule has 124 valence electrons. The normalized spacial score (nSPS) is 11.7. The average Bonchev–Trinajstić information content (AvgIpc) is 2.91. The molecule has 4 nitrogen and oxygen atoms in total. The highest BCUT2D eigenvalue weighted by atomic mass is 19.4. The number of carbonyl (C=O) groups is 1. The number of hydrogen-bond donors (Lipinski definition) is 1. The highest BCUT2D eigenvalue weighted by Crippen LogP contribution is 2.24. The van der Waals surface area contributed by atoms with Crippen molar-refractivity contribution in [3.05, 3.63) is 54.4 Å². The van der Waals surface area contributed by atoms with Crippen LogP contribution in [0.1, 0.15) is 12.0 Å². The predicted molar refractivity (Wildman–Crippen MR) is 84.7 cm³/mol. The highest BCUT2D eigenvalue weighted by Gasteiger charge is 2.31. The number of aromatic nitrogens is 2. The van der Waals surface area contributed by atoms with Crippen molar-refractivity contribution in [2.75, 3.05) is 5.32 Å². The Hall–Kier alpha value is -2.83. The van der Waals surface area contributed by atoms with E-state index in [0.29, 0.717) is 5.69 Å². The lowest BCUT2D eigenvalue weighted by molar-refractivity contribution is -0.150. The standard InChI is InChI=1S/C17H14F3N3O/c1-11-3-2-8-23-10-14(22-16(11)23)12-4-6-13(7-5-12)21-15(24)9-17(18,19)20/h2-8,10H,9H2,1H3,(H,21,24). The van der Waals surface area contributed by atoms with Crippen LogP contribution in [0.3, 0.4) is 0 Å². The van der Waals surface area contributed by atoms with Crippen molar-refractivity contribution in [3.8, 4) is 11.3 Å². The quantitative estimate of drug-likeness (QED) is 0.781. The van der Waals surface area contributed by atoms with Gasteiger partial charge in [-0.3, -0.25) is 4.79 Å². The first-order chi connectivity index (χ1) is 11.3. The van der Waals surface area contributed by atoms with Crippen LogP contribution in [0.25, 0.3) is 16.9 Å². The summed E-state index contributed by atoms with van der Waals surface area (Å²) in [5, 5.41) is 2.23. The Morgan fingerprint density at radius 2 is 1.92 bits per heavy atom. The third-order valence-corrected chi connectivity index (χ3v) is 3.50. The van der Waals surface area contributed by atoms with Crippen molar-refractivity contribution >= 4 is 17.2 Å². The van der Waals surface area contributed by atoms with Crippen LogP contribution in [0.15, 0.2) is 48.8 Å². The maximum absolute atomic E-state index is 12.2. The van der Waals surface area contributed by atoms with Gasteiger partial charge in [0.25, 0.3) is 0 Å². The fourth-order valence-electron chi connectivity index (χ4n) is 2.40. The summed E-state index contributed by atoms with van der Waals surface area (Å²) in [6, 6.07) is 10.4. The number of pyridine rings is 1. The molecule has 24 heavy (non-hydrogen) atoms. The Kier molecular flexibility index (Phi) is 4.01. The molecule has 2 heterocycles. The van der Waals surface area contributed by atoms with Crippen LogP contribution in [-0.2, 0) is 4.79 Å². The smallest absolute Gasteiger partial charge is 0.326 e. The number of fused-ring (bicyclic) bond motifs is 1. The summed E-state index contributed by atoms with van der Waals surface area (Å²) in [5.41, 5.74) is 3.76. The van der Waals surface area contributed by atoms with Crippen LogP contribution in [0.5, 0.6) is 0 Å². The number of nitrogens with one attached hydrogen (secondary N) is 1. The van der Waals surface area contributed by atoms with Crippen molar-refractivity contribution in [1.29, 1.82) is 0 Å². The zero-order chi connectivity index (χ0) is 17.3. The molecule has 1 amide bonds. The number of nitrogens with zero attached hydrogens (tertiary/aromatic N) is 2. The maximum Gasteiger partial charge on any atom is 0.397 e. The molecule has 0 unspecified atom stereocenters. The average molecular weight is 333 g/mol. The Morgan fingerprint density at radius 1 is 1.21 bits per heavy atom. The molecule has 0 fully saturated rings. The van der Waals surface area contributed by atoms with Crippen molar-refractivity contribution in [2.45, 2.75) is 19.5 Å². The molecular formula is C17H14F3N3O. The Balaban J connectivity index is 1.78. The van der Waals surface area contributed by atoms with Crippen LogP contribution < -0.4 is 5.32 Å². The first-order valence-corrected chi connectivity index (χ1v) is 7.23. The summed E-state index contributed by atoms with van der Waals surface area (Å²) in [7, 11) is 0. The molecule has 0 spiro atoms. The third kappa shape index (κ3) is 3.56. The van der Waals surface area contributed by atoms with Gasteiger partial charge in [0.05, 0.1) is 5.69 Å². The number of anilines is 1. The molecule has 0 saturated heterocycles. The first-order valence-electron chi connectivity index (χ1n) is 7.23. The molecule has 3 aromatic rings. The van der Waals surface area contributed by atoms with Gasteiger partial charge in [-0.1, -0.05) is 18.2 Å². The van der Waals surface area contributed by atoms with E-state index in [0.717, 1.165) is 22.5 Å². The molecule has 0 atom stereocenters. The minimum atomic E-state index is -4.52. The molecule has 0 aliphatic rings. The molecule has 2 aromatic heterocycles. The molecular weight excluding hydrogens is 319 g/mol. The van der Waals surface area contributed by atoms with E-state index in [9.17, 15) is 18.0 Å². The van der Waals surface area contributed by atoms with Gasteiger partial charge in [-0.05, 0) is 30.7 Å². The van der Waals surface area contributed by atoms with Gasteiger partial charge < -0.3 is 9.72 Å². The van der Waals surface area contributed by atoms with Crippen LogP contribution in [0.2, 0.25) is 0 Å². The Labute approximate surface area is 135 Å². The predicted octanol–water partition coefficient (Wildman–Crippen LogP) is 4.20. The van der Waals surface area contributed by atoms with E-state index >= 15 is 0 Å². The van der Waals surface area contributed by atoms with E-state index in [1.807, 2.05) is 35.9 Å². The number of rotatable bonds is 3. The van der Waals surface area contributed by atoms with Crippen molar-refractivity contribution in [2.24, 2.45) is 0 Å². The highest BCUT2D eigenvalue weighted by molar-refractivity contribution is 5.91. The van der Waals surface area contributed by atoms with E-state index < -0.39 is 18.5 Å². The monoisotopic (exact) mass is 333 g/mol. The van der Waals surface area contributed by atoms with Crippen molar-refractivity contribution in [1.82, 2.24) is 9.38 Å². The second kappa shape index (κ2) is 5.99. The van der Waals surface area contributed by atoms with Crippen LogP contribution in [0.4, 0.5) is 18.9 Å². The lowest BCUT2D eigenvalue weighted by Gasteiger charge is -2.08. The molecule has 0 bridgehead atoms. The summed E-state index contributed by atoms with van der Waals surface area (Å²) < 4.78 is 38.4. The number of halogens is 3. The fraction of sp³-hybridized carbons (Fsp3) is 0.176. The summed E-state index contributed by atoms with van der Waals surface area (Å²) in [6.45, 7) is 1.96. The lowest BCUT2D eigenvalue weighted by atomic mass is 10.1. The van der Waals surface area contributed by atoms with Crippen molar-refractivity contribution < 1.29 is 18.0 Å². The van der Waals surface area contributed by atoms with Crippen LogP contribution >= 0.6 is 0 Å². The maximum atomic E-state index is 12.2. The number of amides is 1. The Bertz CT molecular complexity index is 882. The summed E-state index contributed by atoms with van der Waals surface area (Å²) in [5.74, 6) is -1.08. The third-order valence-electron chi connectivity index (χ3n) is 3.50. The van der Waals surface area contributed by atoms with Gasteiger partial charge >= 0.3 is 6.18 Å². The van der Waals surface area contributed by atoms with Gasteiger partial charge in [-0.25, -0.2) is 4.98 Å². The van der Waals surface area contributed by atoms with Gasteiger partial charge in [0.15, 0.2) is 0 Å².